The third kappa shape index (κ3) is 6.05. The maximum Gasteiger partial charge on any atom is 0.232 e. The van der Waals surface area contributed by atoms with E-state index in [1.165, 1.54) is 0 Å². The molecule has 0 radical (unpaired) electrons. The van der Waals surface area contributed by atoms with Gasteiger partial charge < -0.3 is 0 Å². The number of aryl methyl sites for hydroxylation is 2. The Morgan fingerprint density at radius 3 is 2.22 bits per heavy atom. The Morgan fingerprint density at radius 2 is 1.72 bits per heavy atom. The lowest BCUT2D eigenvalue weighted by Gasteiger charge is -2.09. The van der Waals surface area contributed by atoms with Crippen molar-refractivity contribution in [2.45, 2.75) is 47.5 Å². The van der Waals surface area contributed by atoms with Gasteiger partial charge in [0.25, 0.3) is 0 Å². The zero-order valence-corrected chi connectivity index (χ0v) is 12.9. The molecule has 0 fully saturated rings. The summed E-state index contributed by atoms with van der Waals surface area (Å²) in [6, 6.07) is 5.58. The van der Waals surface area contributed by atoms with E-state index in [0.29, 0.717) is 12.1 Å². The van der Waals surface area contributed by atoms with Crippen molar-refractivity contribution in [1.29, 1.82) is 0 Å². The summed E-state index contributed by atoms with van der Waals surface area (Å²) in [5.41, 5.74) is 2.91. The van der Waals surface area contributed by atoms with Gasteiger partial charge in [-0.15, -0.1) is 0 Å². The second-order valence-corrected chi connectivity index (χ2v) is 5.92. The van der Waals surface area contributed by atoms with Crippen LogP contribution in [-0.2, 0) is 10.0 Å². The Kier molecular flexibility index (Phi) is 7.67. The predicted octanol–water partition coefficient (Wildman–Crippen LogP) is 3.87. The molecule has 1 rings (SSSR count). The maximum absolute atomic E-state index is 11.6. The van der Waals surface area contributed by atoms with E-state index in [4.69, 9.17) is 0 Å². The van der Waals surface area contributed by atoms with Gasteiger partial charge >= 0.3 is 0 Å². The molecule has 0 aromatic heterocycles. The van der Waals surface area contributed by atoms with Crippen molar-refractivity contribution >= 4 is 15.7 Å². The van der Waals surface area contributed by atoms with Crippen molar-refractivity contribution in [3.8, 4) is 0 Å². The molecule has 0 spiro atoms. The van der Waals surface area contributed by atoms with Crippen LogP contribution in [0.3, 0.4) is 0 Å². The fourth-order valence-electron chi connectivity index (χ4n) is 1.37. The average Bonchev–Trinajstić information content (AvgIpc) is 2.34. The summed E-state index contributed by atoms with van der Waals surface area (Å²) in [6.07, 6.45) is 1.58. The molecule has 0 saturated heterocycles. The van der Waals surface area contributed by atoms with Crippen molar-refractivity contribution in [3.63, 3.8) is 0 Å². The predicted molar refractivity (Wildman–Crippen MR) is 79.6 cm³/mol. The monoisotopic (exact) mass is 271 g/mol. The molecule has 0 atom stereocenters. The third-order valence-electron chi connectivity index (χ3n) is 2.55. The van der Waals surface area contributed by atoms with E-state index in [2.05, 4.69) is 4.72 Å². The van der Waals surface area contributed by atoms with Crippen LogP contribution in [0.15, 0.2) is 18.2 Å². The average molecular weight is 271 g/mol. The fourth-order valence-corrected chi connectivity index (χ4v) is 2.63. The van der Waals surface area contributed by atoms with Gasteiger partial charge in [-0.2, -0.15) is 0 Å². The number of unbranched alkanes of at least 4 members (excludes halogenated alkanes) is 1. The summed E-state index contributed by atoms with van der Waals surface area (Å²) in [6.45, 7) is 9.95. The minimum Gasteiger partial charge on any atom is -0.284 e. The second-order valence-electron chi connectivity index (χ2n) is 4.07. The van der Waals surface area contributed by atoms with Crippen molar-refractivity contribution in [1.82, 2.24) is 0 Å². The Morgan fingerprint density at radius 1 is 1.11 bits per heavy atom. The lowest BCUT2D eigenvalue weighted by molar-refractivity contribution is 0.598. The molecule has 1 aromatic rings. The second kappa shape index (κ2) is 8.14. The molecule has 1 aromatic carbocycles. The van der Waals surface area contributed by atoms with Gasteiger partial charge in [0, 0.05) is 5.69 Å². The molecule has 0 aliphatic heterocycles. The smallest absolute Gasteiger partial charge is 0.232 e. The SMILES string of the molecule is CC.CCCCS(=O)(=O)Nc1ccc(C)c(C)c1. The van der Waals surface area contributed by atoms with E-state index in [-0.39, 0.29) is 5.75 Å². The van der Waals surface area contributed by atoms with Crippen LogP contribution in [-0.4, -0.2) is 14.2 Å². The van der Waals surface area contributed by atoms with Crippen LogP contribution in [0.2, 0.25) is 0 Å². The molecule has 0 aliphatic rings. The van der Waals surface area contributed by atoms with E-state index in [9.17, 15) is 8.42 Å². The molecule has 18 heavy (non-hydrogen) atoms. The molecule has 0 heterocycles. The van der Waals surface area contributed by atoms with Gasteiger partial charge in [0.05, 0.1) is 5.75 Å². The van der Waals surface area contributed by atoms with Crippen LogP contribution in [0, 0.1) is 13.8 Å². The highest BCUT2D eigenvalue weighted by atomic mass is 32.2. The highest BCUT2D eigenvalue weighted by Crippen LogP contribution is 2.15. The number of anilines is 1. The van der Waals surface area contributed by atoms with E-state index in [1.54, 1.807) is 6.07 Å². The number of hydrogen-bond acceptors (Lipinski definition) is 2. The van der Waals surface area contributed by atoms with Gasteiger partial charge in [0.1, 0.15) is 0 Å². The summed E-state index contributed by atoms with van der Waals surface area (Å²) in [4.78, 5) is 0. The van der Waals surface area contributed by atoms with E-state index in [0.717, 1.165) is 17.5 Å². The Balaban J connectivity index is 0.00000137. The molecular formula is C14H25NO2S. The number of sulfonamides is 1. The highest BCUT2D eigenvalue weighted by Gasteiger charge is 2.09. The van der Waals surface area contributed by atoms with Crippen LogP contribution >= 0.6 is 0 Å². The Bertz CT molecular complexity index is 453. The number of benzene rings is 1. The lowest BCUT2D eigenvalue weighted by Crippen LogP contribution is -2.16. The maximum atomic E-state index is 11.6. The molecule has 4 heteroatoms. The first kappa shape index (κ1) is 17.0. The van der Waals surface area contributed by atoms with Crippen LogP contribution in [0.1, 0.15) is 44.7 Å². The molecule has 0 aliphatic carbocycles. The van der Waals surface area contributed by atoms with Gasteiger partial charge in [-0.25, -0.2) is 8.42 Å². The number of hydrogen-bond donors (Lipinski definition) is 1. The largest absolute Gasteiger partial charge is 0.284 e. The quantitative estimate of drug-likeness (QED) is 0.883. The fraction of sp³-hybridized carbons (Fsp3) is 0.571. The van der Waals surface area contributed by atoms with E-state index in [1.807, 2.05) is 46.8 Å². The molecular weight excluding hydrogens is 246 g/mol. The lowest BCUT2D eigenvalue weighted by atomic mass is 10.1. The molecule has 0 saturated carbocycles. The van der Waals surface area contributed by atoms with E-state index < -0.39 is 10.0 Å². The molecule has 0 bridgehead atoms. The molecule has 1 N–H and O–H groups in total. The Labute approximate surface area is 112 Å². The first-order chi connectivity index (χ1) is 8.44. The normalized spacial score (nSPS) is 10.5. The number of nitrogens with one attached hydrogen (secondary N) is 1. The minimum atomic E-state index is -3.18. The summed E-state index contributed by atoms with van der Waals surface area (Å²) in [5.74, 6) is 0.191. The first-order valence-corrected chi connectivity index (χ1v) is 8.17. The standard InChI is InChI=1S/C12H19NO2S.C2H6/c1-4-5-8-16(14,15)13-12-7-6-10(2)11(3)9-12;1-2/h6-7,9,13H,4-5,8H2,1-3H3;1-2H3. The van der Waals surface area contributed by atoms with E-state index >= 15 is 0 Å². The molecule has 3 nitrogen and oxygen atoms in total. The van der Waals surface area contributed by atoms with Crippen LogP contribution in [0.25, 0.3) is 0 Å². The number of rotatable bonds is 5. The Hall–Kier alpha value is -1.03. The van der Waals surface area contributed by atoms with Crippen LogP contribution in [0.4, 0.5) is 5.69 Å². The zero-order valence-electron chi connectivity index (χ0n) is 12.1. The third-order valence-corrected chi connectivity index (χ3v) is 3.92. The van der Waals surface area contributed by atoms with Crippen molar-refractivity contribution in [3.05, 3.63) is 29.3 Å². The van der Waals surface area contributed by atoms with Gasteiger partial charge in [0.2, 0.25) is 10.0 Å². The van der Waals surface area contributed by atoms with Gasteiger partial charge in [0.15, 0.2) is 0 Å². The van der Waals surface area contributed by atoms with Gasteiger partial charge in [-0.1, -0.05) is 33.3 Å². The van der Waals surface area contributed by atoms with Crippen molar-refractivity contribution < 1.29 is 8.42 Å². The van der Waals surface area contributed by atoms with Crippen LogP contribution < -0.4 is 4.72 Å². The van der Waals surface area contributed by atoms with Crippen LogP contribution in [0.5, 0.6) is 0 Å². The van der Waals surface area contributed by atoms with Crippen molar-refractivity contribution in [2.24, 2.45) is 0 Å². The summed E-state index contributed by atoms with van der Waals surface area (Å²) in [7, 11) is -3.18. The highest BCUT2D eigenvalue weighted by molar-refractivity contribution is 7.92. The summed E-state index contributed by atoms with van der Waals surface area (Å²) in [5, 5.41) is 0. The van der Waals surface area contributed by atoms with Crippen molar-refractivity contribution in [2.75, 3.05) is 10.5 Å². The summed E-state index contributed by atoms with van der Waals surface area (Å²) >= 11 is 0. The zero-order chi connectivity index (χ0) is 14.2. The summed E-state index contributed by atoms with van der Waals surface area (Å²) < 4.78 is 25.9. The molecule has 0 unspecified atom stereocenters. The van der Waals surface area contributed by atoms with Gasteiger partial charge in [-0.05, 0) is 43.5 Å². The van der Waals surface area contributed by atoms with Gasteiger partial charge in [-0.3, -0.25) is 4.72 Å². The molecule has 0 amide bonds. The topological polar surface area (TPSA) is 46.2 Å². The minimum absolute atomic E-state index is 0.191. The first-order valence-electron chi connectivity index (χ1n) is 6.52. The molecule has 104 valence electrons.